The Morgan fingerprint density at radius 2 is 1.79 bits per heavy atom. The molecule has 0 unspecified atom stereocenters. The van der Waals surface area contributed by atoms with Crippen LogP contribution in [0.3, 0.4) is 0 Å². The van der Waals surface area contributed by atoms with Gasteiger partial charge in [-0.15, -0.1) is 0 Å². The Morgan fingerprint density at radius 3 is 2.29 bits per heavy atom. The maximum atomic E-state index is 11.4. The summed E-state index contributed by atoms with van der Waals surface area (Å²) in [6, 6.07) is 9.19. The molecular formula is C11H9NO2. The highest BCUT2D eigenvalue weighted by Crippen LogP contribution is 1.99. The lowest BCUT2D eigenvalue weighted by atomic mass is 10.3. The molecule has 0 spiro atoms. The van der Waals surface area contributed by atoms with E-state index in [0.29, 0.717) is 10.8 Å². The van der Waals surface area contributed by atoms with Gasteiger partial charge in [0.05, 0.1) is 11.0 Å². The number of nitrogens with zero attached hydrogens (tertiary/aromatic N) is 1. The van der Waals surface area contributed by atoms with E-state index in [0.717, 1.165) is 5.69 Å². The second-order valence-corrected chi connectivity index (χ2v) is 2.91. The van der Waals surface area contributed by atoms with Gasteiger partial charge >= 0.3 is 5.76 Å². The van der Waals surface area contributed by atoms with Crippen molar-refractivity contribution in [1.82, 2.24) is 4.57 Å². The third-order valence-corrected chi connectivity index (χ3v) is 2.00. The fourth-order valence-electron chi connectivity index (χ4n) is 1.28. The Labute approximate surface area is 80.2 Å². The van der Waals surface area contributed by atoms with Crippen LogP contribution < -0.4 is 16.5 Å². The van der Waals surface area contributed by atoms with Crippen LogP contribution in [0.25, 0.3) is 18.8 Å². The third kappa shape index (κ3) is 1.19. The lowest BCUT2D eigenvalue weighted by Gasteiger charge is -1.97. The molecule has 0 radical (unpaired) electrons. The average molecular weight is 187 g/mol. The molecule has 0 saturated heterocycles. The fourth-order valence-corrected chi connectivity index (χ4v) is 1.28. The highest BCUT2D eigenvalue weighted by molar-refractivity contribution is 5.31. The molecule has 2 rings (SSSR count). The standard InChI is InChI=1S/C11H9NO2/c1-8-9(2)14-11(13)12(8)10-6-4-3-5-7-10/h3-7H,1-2H2. The van der Waals surface area contributed by atoms with E-state index in [-0.39, 0.29) is 0 Å². The average Bonchev–Trinajstić information content (AvgIpc) is 2.43. The van der Waals surface area contributed by atoms with Gasteiger partial charge in [0.25, 0.3) is 0 Å². The molecule has 0 aliphatic carbocycles. The van der Waals surface area contributed by atoms with Crippen molar-refractivity contribution in [2.45, 2.75) is 0 Å². The molecule has 1 aromatic heterocycles. The topological polar surface area (TPSA) is 35.1 Å². The SMILES string of the molecule is C=c1oc(=O)n(-c2ccccc2)c1=C. The van der Waals surface area contributed by atoms with E-state index in [9.17, 15) is 4.79 Å². The van der Waals surface area contributed by atoms with Gasteiger partial charge in [-0.25, -0.2) is 9.36 Å². The monoisotopic (exact) mass is 187 g/mol. The molecule has 3 heteroatoms. The van der Waals surface area contributed by atoms with Crippen molar-refractivity contribution in [3.63, 3.8) is 0 Å². The summed E-state index contributed by atoms with van der Waals surface area (Å²) in [4.78, 5) is 11.4. The highest BCUT2D eigenvalue weighted by atomic mass is 16.4. The Bertz CT molecular complexity index is 592. The van der Waals surface area contributed by atoms with Gasteiger partial charge < -0.3 is 4.42 Å². The Balaban J connectivity index is 2.82. The van der Waals surface area contributed by atoms with Crippen molar-refractivity contribution in [3.05, 3.63) is 51.6 Å². The van der Waals surface area contributed by atoms with Gasteiger partial charge in [0.1, 0.15) is 5.42 Å². The molecule has 2 aromatic rings. The molecule has 0 aliphatic rings. The lowest BCUT2D eigenvalue weighted by Crippen LogP contribution is -2.28. The minimum atomic E-state index is -0.453. The van der Waals surface area contributed by atoms with Crippen molar-refractivity contribution < 1.29 is 4.42 Å². The summed E-state index contributed by atoms with van der Waals surface area (Å²) >= 11 is 0. The van der Waals surface area contributed by atoms with Crippen LogP contribution in [0.2, 0.25) is 0 Å². The van der Waals surface area contributed by atoms with Crippen molar-refractivity contribution in [2.75, 3.05) is 0 Å². The molecule has 0 fully saturated rings. The van der Waals surface area contributed by atoms with Crippen LogP contribution in [-0.4, -0.2) is 4.57 Å². The predicted octanol–water partition coefficient (Wildman–Crippen LogP) is 0.251. The normalized spacial score (nSPS) is 10.3. The fraction of sp³-hybridized carbons (Fsp3) is 0. The maximum absolute atomic E-state index is 11.4. The van der Waals surface area contributed by atoms with Gasteiger partial charge in [-0.2, -0.15) is 0 Å². The van der Waals surface area contributed by atoms with Gasteiger partial charge in [0, 0.05) is 0 Å². The largest absolute Gasteiger partial charge is 0.424 e. The third-order valence-electron chi connectivity index (χ3n) is 2.00. The first-order valence-electron chi connectivity index (χ1n) is 4.15. The first-order chi connectivity index (χ1) is 6.70. The zero-order valence-corrected chi connectivity index (χ0v) is 7.56. The van der Waals surface area contributed by atoms with Crippen molar-refractivity contribution in [1.29, 1.82) is 0 Å². The number of hydrogen-bond acceptors (Lipinski definition) is 2. The van der Waals surface area contributed by atoms with Crippen LogP contribution in [0.1, 0.15) is 0 Å². The molecule has 3 nitrogen and oxygen atoms in total. The molecule has 14 heavy (non-hydrogen) atoms. The number of para-hydroxylation sites is 1. The summed E-state index contributed by atoms with van der Waals surface area (Å²) < 4.78 is 6.22. The van der Waals surface area contributed by atoms with Gasteiger partial charge in [0.15, 0.2) is 0 Å². The first kappa shape index (κ1) is 8.56. The van der Waals surface area contributed by atoms with E-state index < -0.39 is 5.76 Å². The number of aromatic nitrogens is 1. The molecule has 0 aliphatic heterocycles. The van der Waals surface area contributed by atoms with Gasteiger partial charge in [-0.05, 0) is 12.1 Å². The van der Waals surface area contributed by atoms with Crippen LogP contribution in [0, 0.1) is 0 Å². The van der Waals surface area contributed by atoms with E-state index in [4.69, 9.17) is 4.42 Å². The Morgan fingerprint density at radius 1 is 1.14 bits per heavy atom. The molecule has 0 amide bonds. The quantitative estimate of drug-likeness (QED) is 0.641. The minimum absolute atomic E-state index is 0.304. The molecule has 0 atom stereocenters. The summed E-state index contributed by atoms with van der Waals surface area (Å²) in [7, 11) is 0. The first-order valence-corrected chi connectivity index (χ1v) is 4.15. The zero-order chi connectivity index (χ0) is 10.1. The predicted molar refractivity (Wildman–Crippen MR) is 54.6 cm³/mol. The second-order valence-electron chi connectivity index (χ2n) is 2.91. The van der Waals surface area contributed by atoms with Crippen molar-refractivity contribution >= 4 is 13.2 Å². The molecule has 70 valence electrons. The van der Waals surface area contributed by atoms with E-state index >= 15 is 0 Å². The van der Waals surface area contributed by atoms with Crippen LogP contribution in [-0.2, 0) is 0 Å². The Hall–Kier alpha value is -2.03. The molecule has 0 N–H and O–H groups in total. The zero-order valence-electron chi connectivity index (χ0n) is 7.56. The summed E-state index contributed by atoms with van der Waals surface area (Å²) in [6.45, 7) is 7.30. The molecule has 0 bridgehead atoms. The van der Waals surface area contributed by atoms with E-state index in [1.165, 1.54) is 4.57 Å². The smallest absolute Gasteiger partial charge is 0.408 e. The van der Waals surface area contributed by atoms with Gasteiger partial charge in [-0.3, -0.25) is 0 Å². The number of rotatable bonds is 1. The van der Waals surface area contributed by atoms with Crippen LogP contribution >= 0.6 is 0 Å². The lowest BCUT2D eigenvalue weighted by molar-refractivity contribution is 0.479. The van der Waals surface area contributed by atoms with Crippen molar-refractivity contribution in [2.24, 2.45) is 0 Å². The molecular weight excluding hydrogens is 178 g/mol. The van der Waals surface area contributed by atoms with E-state index in [2.05, 4.69) is 13.2 Å². The maximum Gasteiger partial charge on any atom is 0.424 e. The van der Waals surface area contributed by atoms with Crippen LogP contribution in [0.5, 0.6) is 0 Å². The summed E-state index contributed by atoms with van der Waals surface area (Å²) in [5, 5.41) is 0.487. The van der Waals surface area contributed by atoms with E-state index in [1.54, 1.807) is 0 Å². The highest BCUT2D eigenvalue weighted by Gasteiger charge is 2.03. The van der Waals surface area contributed by atoms with Crippen LogP contribution in [0.15, 0.2) is 39.5 Å². The van der Waals surface area contributed by atoms with Crippen molar-refractivity contribution in [3.8, 4) is 5.69 Å². The summed E-state index contributed by atoms with van der Waals surface area (Å²) in [5.41, 5.74) is 1.04. The summed E-state index contributed by atoms with van der Waals surface area (Å²) in [5.74, 6) is -0.453. The van der Waals surface area contributed by atoms with Crippen LogP contribution in [0.4, 0.5) is 0 Å². The Kier molecular flexibility index (Phi) is 1.85. The van der Waals surface area contributed by atoms with E-state index in [1.807, 2.05) is 30.3 Å². The van der Waals surface area contributed by atoms with Gasteiger partial charge in [-0.1, -0.05) is 31.4 Å². The number of hydrogen-bond donors (Lipinski definition) is 0. The molecule has 1 heterocycles. The van der Waals surface area contributed by atoms with Gasteiger partial charge in [0.2, 0.25) is 0 Å². The minimum Gasteiger partial charge on any atom is -0.408 e. The number of benzene rings is 1. The molecule has 0 saturated carbocycles. The second kappa shape index (κ2) is 3.03. The summed E-state index contributed by atoms with van der Waals surface area (Å²) in [6.07, 6.45) is 0. The molecule has 1 aromatic carbocycles. The number of oxazole rings is 1.